The molecule has 1 atom stereocenters. The van der Waals surface area contributed by atoms with Crippen LogP contribution < -0.4 is 5.32 Å². The molecule has 1 unspecified atom stereocenters. The molecule has 0 saturated heterocycles. The van der Waals surface area contributed by atoms with E-state index in [1.54, 1.807) is 6.92 Å². The monoisotopic (exact) mass is 393 g/mol. The molecule has 1 aromatic carbocycles. The van der Waals surface area contributed by atoms with Crippen LogP contribution in [0.5, 0.6) is 0 Å². The Morgan fingerprint density at radius 2 is 1.83 bits per heavy atom. The third kappa shape index (κ3) is 5.83. The molecule has 0 saturated carbocycles. The number of benzene rings is 1. The molecule has 24 heavy (non-hydrogen) atoms. The molecule has 0 aromatic heterocycles. The highest BCUT2D eigenvalue weighted by Gasteiger charge is 2.22. The predicted octanol–water partition coefficient (Wildman–Crippen LogP) is 5.82. The largest absolute Gasteiger partial charge is 0.481 e. The van der Waals surface area contributed by atoms with E-state index in [-0.39, 0.29) is 22.4 Å². The molecule has 7 heteroatoms. The highest BCUT2D eigenvalue weighted by Crippen LogP contribution is 2.39. The van der Waals surface area contributed by atoms with Crippen LogP contribution in [0.15, 0.2) is 6.07 Å². The van der Waals surface area contributed by atoms with Crippen LogP contribution in [-0.2, 0) is 16.0 Å². The second-order valence-electron chi connectivity index (χ2n) is 5.66. The number of anilines is 1. The van der Waals surface area contributed by atoms with Gasteiger partial charge in [-0.1, -0.05) is 61.5 Å². The lowest BCUT2D eigenvalue weighted by molar-refractivity contribution is -0.141. The minimum absolute atomic E-state index is 0.175. The Morgan fingerprint density at radius 3 is 2.38 bits per heavy atom. The normalized spacial score (nSPS) is 12.0. The number of nitrogens with one attached hydrogen (secondary N) is 1. The fourth-order valence-corrected chi connectivity index (χ4v) is 3.34. The lowest BCUT2D eigenvalue weighted by atomic mass is 9.96. The van der Waals surface area contributed by atoms with Crippen LogP contribution in [0.3, 0.4) is 0 Å². The Morgan fingerprint density at radius 1 is 1.17 bits per heavy atom. The smallest absolute Gasteiger partial charge is 0.306 e. The Balaban J connectivity index is 3.03. The average molecular weight is 395 g/mol. The van der Waals surface area contributed by atoms with E-state index in [0.29, 0.717) is 29.1 Å². The molecular formula is C17H22Cl3NO3. The van der Waals surface area contributed by atoms with Crippen LogP contribution in [0.1, 0.15) is 51.5 Å². The second kappa shape index (κ2) is 10.1. The molecule has 0 aliphatic heterocycles. The number of unbranched alkanes of at least 4 members (excludes halogenated alkanes) is 2. The minimum atomic E-state index is -0.912. The average Bonchev–Trinajstić information content (AvgIpc) is 2.51. The first-order valence-electron chi connectivity index (χ1n) is 8.00. The van der Waals surface area contributed by atoms with E-state index in [4.69, 9.17) is 34.8 Å². The van der Waals surface area contributed by atoms with Crippen LogP contribution in [0.25, 0.3) is 0 Å². The molecule has 0 aliphatic carbocycles. The van der Waals surface area contributed by atoms with Gasteiger partial charge in [0, 0.05) is 11.4 Å². The summed E-state index contributed by atoms with van der Waals surface area (Å²) in [6.07, 6.45) is 3.79. The summed E-state index contributed by atoms with van der Waals surface area (Å²) >= 11 is 18.7. The Hall–Kier alpha value is -0.970. The zero-order valence-electron chi connectivity index (χ0n) is 13.8. The van der Waals surface area contributed by atoms with Crippen molar-refractivity contribution in [2.24, 2.45) is 5.92 Å². The van der Waals surface area contributed by atoms with Crippen molar-refractivity contribution in [2.75, 3.05) is 5.32 Å². The fourth-order valence-electron chi connectivity index (χ4n) is 2.32. The quantitative estimate of drug-likeness (QED) is 0.519. The van der Waals surface area contributed by atoms with Gasteiger partial charge < -0.3 is 10.4 Å². The van der Waals surface area contributed by atoms with Crippen LogP contribution in [0.2, 0.25) is 15.1 Å². The van der Waals surface area contributed by atoms with Gasteiger partial charge in [0.1, 0.15) is 0 Å². The van der Waals surface area contributed by atoms with Gasteiger partial charge in [0.15, 0.2) is 0 Å². The summed E-state index contributed by atoms with van der Waals surface area (Å²) in [5.74, 6) is -1.69. The maximum atomic E-state index is 12.0. The lowest BCUT2D eigenvalue weighted by Crippen LogP contribution is -2.17. The van der Waals surface area contributed by atoms with Crippen molar-refractivity contribution >= 4 is 52.4 Å². The number of carboxylic acids is 1. The molecule has 1 amide bonds. The third-order valence-corrected chi connectivity index (χ3v) is 4.88. The summed E-state index contributed by atoms with van der Waals surface area (Å²) in [7, 11) is 0. The summed E-state index contributed by atoms with van der Waals surface area (Å²) in [6, 6.07) is 1.49. The van der Waals surface area contributed by atoms with Crippen molar-refractivity contribution < 1.29 is 14.7 Å². The Labute approximate surface area is 157 Å². The molecule has 134 valence electrons. The highest BCUT2D eigenvalue weighted by atomic mass is 35.5. The maximum absolute atomic E-state index is 12.0. The summed E-state index contributed by atoms with van der Waals surface area (Å²) < 4.78 is 0. The first-order valence-corrected chi connectivity index (χ1v) is 9.14. The van der Waals surface area contributed by atoms with Gasteiger partial charge in [0.25, 0.3) is 0 Å². The molecule has 0 radical (unpaired) electrons. The highest BCUT2D eigenvalue weighted by molar-refractivity contribution is 6.43. The minimum Gasteiger partial charge on any atom is -0.481 e. The zero-order valence-corrected chi connectivity index (χ0v) is 16.1. The molecule has 0 aliphatic rings. The van der Waals surface area contributed by atoms with Gasteiger partial charge >= 0.3 is 5.97 Å². The van der Waals surface area contributed by atoms with Crippen molar-refractivity contribution in [1.29, 1.82) is 0 Å². The van der Waals surface area contributed by atoms with E-state index in [1.807, 2.05) is 0 Å². The fraction of sp³-hybridized carbons (Fsp3) is 0.529. The van der Waals surface area contributed by atoms with Gasteiger partial charge in [-0.2, -0.15) is 0 Å². The number of carbonyl (C=O) groups is 2. The number of hydrogen-bond acceptors (Lipinski definition) is 2. The van der Waals surface area contributed by atoms with Crippen LogP contribution >= 0.6 is 34.8 Å². The van der Waals surface area contributed by atoms with Gasteiger partial charge in [-0.05, 0) is 30.9 Å². The molecule has 0 fully saturated rings. The lowest BCUT2D eigenvalue weighted by Gasteiger charge is -2.17. The molecule has 0 heterocycles. The van der Waals surface area contributed by atoms with E-state index in [9.17, 15) is 14.7 Å². The number of rotatable bonds is 9. The van der Waals surface area contributed by atoms with E-state index in [0.717, 1.165) is 19.3 Å². The number of hydrogen-bond donors (Lipinski definition) is 2. The first kappa shape index (κ1) is 21.1. The summed E-state index contributed by atoms with van der Waals surface area (Å²) in [6.45, 7) is 3.84. The SMILES string of the molecule is CCCCCC(=O)Nc1c(Cl)cc(Cl)c(CC(CC)C(=O)O)c1Cl. The van der Waals surface area contributed by atoms with Crippen LogP contribution in [-0.4, -0.2) is 17.0 Å². The van der Waals surface area contributed by atoms with Crippen molar-refractivity contribution in [3.63, 3.8) is 0 Å². The Kier molecular flexibility index (Phi) is 8.88. The maximum Gasteiger partial charge on any atom is 0.306 e. The number of halogens is 3. The first-order chi connectivity index (χ1) is 11.3. The van der Waals surface area contributed by atoms with Crippen LogP contribution in [0, 0.1) is 5.92 Å². The number of amides is 1. The summed E-state index contributed by atoms with van der Waals surface area (Å²) in [4.78, 5) is 23.3. The van der Waals surface area contributed by atoms with Crippen molar-refractivity contribution in [3.05, 3.63) is 26.7 Å². The van der Waals surface area contributed by atoms with E-state index < -0.39 is 11.9 Å². The molecule has 4 nitrogen and oxygen atoms in total. The molecule has 1 rings (SSSR count). The second-order valence-corrected chi connectivity index (χ2v) is 6.85. The summed E-state index contributed by atoms with van der Waals surface area (Å²) in [5.41, 5.74) is 0.778. The summed E-state index contributed by atoms with van der Waals surface area (Å²) in [5, 5.41) is 12.7. The van der Waals surface area contributed by atoms with Gasteiger partial charge in [0.2, 0.25) is 5.91 Å². The molecule has 1 aromatic rings. The van der Waals surface area contributed by atoms with Crippen LogP contribution in [0.4, 0.5) is 5.69 Å². The van der Waals surface area contributed by atoms with Gasteiger partial charge in [-0.3, -0.25) is 9.59 Å². The van der Waals surface area contributed by atoms with E-state index in [2.05, 4.69) is 12.2 Å². The molecule has 2 N–H and O–H groups in total. The van der Waals surface area contributed by atoms with Crippen molar-refractivity contribution in [1.82, 2.24) is 0 Å². The standard InChI is InChI=1S/C17H22Cl3NO3/c1-3-5-6-7-14(22)21-16-13(19)9-12(18)11(15(16)20)8-10(4-2)17(23)24/h9-10H,3-8H2,1-2H3,(H,21,22)(H,23,24). The molecule has 0 spiro atoms. The van der Waals surface area contributed by atoms with E-state index >= 15 is 0 Å². The van der Waals surface area contributed by atoms with E-state index in [1.165, 1.54) is 6.07 Å². The molecular weight excluding hydrogens is 373 g/mol. The molecule has 0 bridgehead atoms. The van der Waals surface area contributed by atoms with Crippen molar-refractivity contribution in [2.45, 2.75) is 52.4 Å². The third-order valence-electron chi connectivity index (χ3n) is 3.83. The van der Waals surface area contributed by atoms with Gasteiger partial charge in [-0.15, -0.1) is 0 Å². The number of carbonyl (C=O) groups excluding carboxylic acids is 1. The topological polar surface area (TPSA) is 66.4 Å². The predicted molar refractivity (Wildman–Crippen MR) is 99.4 cm³/mol. The number of carboxylic acid groups (broad SMARTS) is 1. The van der Waals surface area contributed by atoms with Gasteiger partial charge in [0.05, 0.1) is 21.7 Å². The number of aliphatic carboxylic acids is 1. The van der Waals surface area contributed by atoms with Gasteiger partial charge in [-0.25, -0.2) is 0 Å². The van der Waals surface area contributed by atoms with Crippen molar-refractivity contribution in [3.8, 4) is 0 Å². The zero-order chi connectivity index (χ0) is 18.3. The Bertz CT molecular complexity index is 605.